The first kappa shape index (κ1) is 22.2. The molecule has 1 heterocycles. The third-order valence-corrected chi connectivity index (χ3v) is 6.10. The summed E-state index contributed by atoms with van der Waals surface area (Å²) < 4.78 is 4.79. The smallest absolute Gasteiger partial charge is 0.340 e. The number of ether oxygens (including phenoxy) is 1. The number of thioether (sulfide) groups is 1. The second-order valence-electron chi connectivity index (χ2n) is 5.91. The van der Waals surface area contributed by atoms with Gasteiger partial charge in [0.25, 0.3) is 0 Å². The van der Waals surface area contributed by atoms with Crippen LogP contribution in [-0.4, -0.2) is 29.9 Å². The number of thiophene rings is 1. The third-order valence-electron chi connectivity index (χ3n) is 3.70. The van der Waals surface area contributed by atoms with E-state index < -0.39 is 5.97 Å². The van der Waals surface area contributed by atoms with Gasteiger partial charge in [-0.2, -0.15) is 0 Å². The summed E-state index contributed by atoms with van der Waals surface area (Å²) in [5.74, 6) is 0.441. The Hall–Kier alpha value is -2.10. The summed E-state index contributed by atoms with van der Waals surface area (Å²) in [6, 6.07) is 10.0. The zero-order valence-corrected chi connectivity index (χ0v) is 18.4. The Labute approximate surface area is 178 Å². The number of nitrogens with one attached hydrogen (secondary N) is 3. The Bertz CT molecular complexity index is 835. The summed E-state index contributed by atoms with van der Waals surface area (Å²) in [5, 5.41) is 3.73. The first-order chi connectivity index (χ1) is 13.4. The summed E-state index contributed by atoms with van der Waals surface area (Å²) in [7, 11) is 1.33. The van der Waals surface area contributed by atoms with Crippen LogP contribution in [0.2, 0.25) is 0 Å². The second kappa shape index (κ2) is 11.0. The summed E-state index contributed by atoms with van der Waals surface area (Å²) in [5.41, 5.74) is 8.03. The molecule has 0 atom stereocenters. The predicted molar refractivity (Wildman–Crippen MR) is 120 cm³/mol. The fraction of sp³-hybridized carbons (Fsp3) is 0.316. The first-order valence-electron chi connectivity index (χ1n) is 8.63. The molecule has 0 spiro atoms. The minimum Gasteiger partial charge on any atom is -0.465 e. The van der Waals surface area contributed by atoms with Crippen LogP contribution in [0.4, 0.5) is 5.00 Å². The van der Waals surface area contributed by atoms with E-state index >= 15 is 0 Å². The number of esters is 1. The number of amides is 1. The Balaban J connectivity index is 1.77. The molecule has 0 unspecified atom stereocenters. The SMILES string of the molecule is CCc1cc(C(=O)OC)c(NC(=S)NNC(=O)CSCc2ccc(C)cc2)s1. The van der Waals surface area contributed by atoms with Crippen LogP contribution in [0.25, 0.3) is 0 Å². The molecule has 0 saturated heterocycles. The number of benzene rings is 1. The fourth-order valence-corrected chi connectivity index (χ4v) is 4.21. The lowest BCUT2D eigenvalue weighted by molar-refractivity contribution is -0.119. The van der Waals surface area contributed by atoms with Crippen molar-refractivity contribution in [1.82, 2.24) is 10.9 Å². The lowest BCUT2D eigenvalue weighted by Gasteiger charge is -2.11. The Morgan fingerprint density at radius 1 is 1.21 bits per heavy atom. The summed E-state index contributed by atoms with van der Waals surface area (Å²) in [6.07, 6.45) is 0.797. The van der Waals surface area contributed by atoms with Crippen molar-refractivity contribution in [3.63, 3.8) is 0 Å². The standard InChI is InChI=1S/C19H23N3O3S3/c1-4-14-9-15(18(24)25-3)17(28-14)20-19(26)22-21-16(23)11-27-10-13-7-5-12(2)6-8-13/h5-9H,4,10-11H2,1-3H3,(H,21,23)(H2,20,22,26). The highest BCUT2D eigenvalue weighted by atomic mass is 32.2. The average Bonchev–Trinajstić information content (AvgIpc) is 3.10. The van der Waals surface area contributed by atoms with Gasteiger partial charge in [-0.25, -0.2) is 4.79 Å². The van der Waals surface area contributed by atoms with Crippen molar-refractivity contribution < 1.29 is 14.3 Å². The van der Waals surface area contributed by atoms with Crippen molar-refractivity contribution in [1.29, 1.82) is 0 Å². The van der Waals surface area contributed by atoms with Gasteiger partial charge in [0.2, 0.25) is 5.91 Å². The molecule has 0 fully saturated rings. The van der Waals surface area contributed by atoms with E-state index in [0.29, 0.717) is 16.3 Å². The van der Waals surface area contributed by atoms with Crippen LogP contribution >= 0.6 is 35.3 Å². The van der Waals surface area contributed by atoms with Gasteiger partial charge in [0, 0.05) is 10.6 Å². The van der Waals surface area contributed by atoms with Gasteiger partial charge in [-0.15, -0.1) is 23.1 Å². The van der Waals surface area contributed by atoms with Gasteiger partial charge in [-0.3, -0.25) is 15.6 Å². The summed E-state index contributed by atoms with van der Waals surface area (Å²) >= 11 is 8.13. The largest absolute Gasteiger partial charge is 0.465 e. The minimum atomic E-state index is -0.433. The molecular weight excluding hydrogens is 414 g/mol. The zero-order valence-electron chi connectivity index (χ0n) is 16.0. The number of rotatable bonds is 7. The molecule has 6 nitrogen and oxygen atoms in total. The highest BCUT2D eigenvalue weighted by Gasteiger charge is 2.17. The van der Waals surface area contributed by atoms with Gasteiger partial charge >= 0.3 is 5.97 Å². The Morgan fingerprint density at radius 3 is 2.57 bits per heavy atom. The molecule has 0 bridgehead atoms. The van der Waals surface area contributed by atoms with Crippen LogP contribution in [0, 0.1) is 6.92 Å². The van der Waals surface area contributed by atoms with Crippen molar-refractivity contribution >= 4 is 57.3 Å². The van der Waals surface area contributed by atoms with Crippen molar-refractivity contribution in [3.05, 3.63) is 51.9 Å². The molecule has 2 aromatic rings. The van der Waals surface area contributed by atoms with Crippen LogP contribution in [0.3, 0.4) is 0 Å². The molecule has 1 aromatic carbocycles. The number of aryl methyl sites for hydroxylation is 2. The zero-order chi connectivity index (χ0) is 20.5. The fourth-order valence-electron chi connectivity index (χ4n) is 2.21. The van der Waals surface area contributed by atoms with E-state index in [1.165, 1.54) is 41.3 Å². The van der Waals surface area contributed by atoms with Gasteiger partial charge in [0.15, 0.2) is 5.11 Å². The molecule has 1 amide bonds. The first-order valence-corrected chi connectivity index (χ1v) is 11.0. The number of carbonyl (C=O) groups is 2. The van der Waals surface area contributed by atoms with Crippen molar-refractivity contribution in [3.8, 4) is 0 Å². The van der Waals surface area contributed by atoms with E-state index in [9.17, 15) is 9.59 Å². The van der Waals surface area contributed by atoms with Crippen LogP contribution in [0.1, 0.15) is 33.3 Å². The Kier molecular flexibility index (Phi) is 8.75. The van der Waals surface area contributed by atoms with Gasteiger partial charge in [-0.05, 0) is 37.2 Å². The predicted octanol–water partition coefficient (Wildman–Crippen LogP) is 3.66. The lowest BCUT2D eigenvalue weighted by atomic mass is 10.2. The second-order valence-corrected chi connectivity index (χ2v) is 8.44. The van der Waals surface area contributed by atoms with E-state index in [-0.39, 0.29) is 11.0 Å². The maximum absolute atomic E-state index is 12.0. The quantitative estimate of drug-likeness (QED) is 0.347. The molecule has 0 aliphatic rings. The average molecular weight is 438 g/mol. The van der Waals surface area contributed by atoms with Gasteiger partial charge in [0.1, 0.15) is 5.00 Å². The Morgan fingerprint density at radius 2 is 1.93 bits per heavy atom. The molecule has 9 heteroatoms. The van der Waals surface area contributed by atoms with E-state index in [1.807, 2.05) is 13.8 Å². The van der Waals surface area contributed by atoms with Crippen LogP contribution in [0.5, 0.6) is 0 Å². The summed E-state index contributed by atoms with van der Waals surface area (Å²) in [4.78, 5) is 24.9. The number of hydrazine groups is 1. The van der Waals surface area contributed by atoms with Gasteiger partial charge in [0.05, 0.1) is 18.4 Å². The monoisotopic (exact) mass is 437 g/mol. The van der Waals surface area contributed by atoms with E-state index in [0.717, 1.165) is 17.1 Å². The van der Waals surface area contributed by atoms with Crippen molar-refractivity contribution in [2.24, 2.45) is 0 Å². The maximum atomic E-state index is 12.0. The van der Waals surface area contributed by atoms with Gasteiger partial charge in [-0.1, -0.05) is 36.8 Å². The topological polar surface area (TPSA) is 79.5 Å². The van der Waals surface area contributed by atoms with Crippen LogP contribution < -0.4 is 16.2 Å². The van der Waals surface area contributed by atoms with Crippen molar-refractivity contribution in [2.75, 3.05) is 18.2 Å². The van der Waals surface area contributed by atoms with E-state index in [4.69, 9.17) is 17.0 Å². The number of thiocarbonyl (C=S) groups is 1. The summed E-state index contributed by atoms with van der Waals surface area (Å²) in [6.45, 7) is 4.04. The highest BCUT2D eigenvalue weighted by molar-refractivity contribution is 7.99. The van der Waals surface area contributed by atoms with E-state index in [1.54, 1.807) is 6.07 Å². The molecule has 3 N–H and O–H groups in total. The molecule has 1 aromatic heterocycles. The molecule has 28 heavy (non-hydrogen) atoms. The molecule has 0 aliphatic heterocycles. The van der Waals surface area contributed by atoms with E-state index in [2.05, 4.69) is 40.4 Å². The number of hydrogen-bond acceptors (Lipinski definition) is 6. The number of anilines is 1. The lowest BCUT2D eigenvalue weighted by Crippen LogP contribution is -2.44. The van der Waals surface area contributed by atoms with Crippen LogP contribution in [0.15, 0.2) is 30.3 Å². The minimum absolute atomic E-state index is 0.185. The molecule has 2 rings (SSSR count). The number of carbonyl (C=O) groups excluding carboxylic acids is 2. The molecule has 0 saturated carbocycles. The van der Waals surface area contributed by atoms with Gasteiger partial charge < -0.3 is 10.1 Å². The molecule has 0 aliphatic carbocycles. The third kappa shape index (κ3) is 6.81. The highest BCUT2D eigenvalue weighted by Crippen LogP contribution is 2.29. The maximum Gasteiger partial charge on any atom is 0.340 e. The molecular formula is C19H23N3O3S3. The number of hydrogen-bond donors (Lipinski definition) is 3. The molecule has 0 radical (unpaired) electrons. The number of methoxy groups -OCH3 is 1. The van der Waals surface area contributed by atoms with Crippen LogP contribution in [-0.2, 0) is 21.7 Å². The van der Waals surface area contributed by atoms with Crippen molar-refractivity contribution in [2.45, 2.75) is 26.0 Å². The molecule has 150 valence electrons. The normalized spacial score (nSPS) is 10.2.